The molecule has 0 radical (unpaired) electrons. The number of piperidine rings is 1. The van der Waals surface area contributed by atoms with Crippen LogP contribution >= 0.6 is 0 Å². The molecule has 138 valence electrons. The molecule has 1 amide bonds. The number of benzene rings is 1. The molecule has 2 fully saturated rings. The van der Waals surface area contributed by atoms with Gasteiger partial charge in [-0.05, 0) is 56.8 Å². The molecule has 1 aromatic rings. The van der Waals surface area contributed by atoms with E-state index < -0.39 is 10.2 Å². The first-order chi connectivity index (χ1) is 11.8. The second kappa shape index (κ2) is 7.03. The van der Waals surface area contributed by atoms with Crippen LogP contribution in [0, 0.1) is 0 Å². The number of hydrogen-bond acceptors (Lipinski definition) is 4. The van der Waals surface area contributed by atoms with E-state index >= 15 is 0 Å². The molecule has 0 saturated carbocycles. The number of likely N-dealkylation sites (tertiary alicyclic amines) is 2. The second-order valence-electron chi connectivity index (χ2n) is 7.26. The number of amides is 1. The van der Waals surface area contributed by atoms with Gasteiger partial charge in [-0.3, -0.25) is 4.79 Å². The molecule has 2 heterocycles. The fourth-order valence-corrected chi connectivity index (χ4v) is 4.55. The summed E-state index contributed by atoms with van der Waals surface area (Å²) in [6.45, 7) is 2.90. The minimum Gasteiger partial charge on any atom is -0.337 e. The lowest BCUT2D eigenvalue weighted by atomic mass is 9.85. The lowest BCUT2D eigenvalue weighted by molar-refractivity contribution is -0.136. The van der Waals surface area contributed by atoms with Gasteiger partial charge in [0.2, 0.25) is 5.91 Å². The smallest absolute Gasteiger partial charge is 0.332 e. The van der Waals surface area contributed by atoms with Gasteiger partial charge in [-0.2, -0.15) is 8.42 Å². The Morgan fingerprint density at radius 3 is 2.36 bits per heavy atom. The highest BCUT2D eigenvalue weighted by molar-refractivity contribution is 7.86. The Bertz CT molecular complexity index is 725. The van der Waals surface area contributed by atoms with Crippen molar-refractivity contribution in [3.8, 4) is 0 Å². The Kier molecular flexibility index (Phi) is 5.16. The molecule has 5 nitrogen and oxygen atoms in total. The van der Waals surface area contributed by atoms with Crippen LogP contribution in [-0.4, -0.2) is 56.3 Å². The lowest BCUT2D eigenvalue weighted by Crippen LogP contribution is -2.53. The van der Waals surface area contributed by atoms with Crippen molar-refractivity contribution in [1.29, 1.82) is 0 Å². The molecule has 3 rings (SSSR count). The Labute approximate surface area is 149 Å². The first kappa shape index (κ1) is 18.3. The number of carbonyl (C=O) groups excluding carboxylic acids is 1. The molecule has 1 spiro atoms. The largest absolute Gasteiger partial charge is 0.337 e. The molecular formula is C18H25FN2O3S. The molecule has 0 aliphatic carbocycles. The zero-order valence-corrected chi connectivity index (χ0v) is 15.4. The van der Waals surface area contributed by atoms with Crippen molar-refractivity contribution in [2.45, 2.75) is 49.0 Å². The number of nitrogens with zero attached hydrogens (tertiary/aromatic N) is 2. The highest BCUT2D eigenvalue weighted by Gasteiger charge is 2.44. The molecule has 2 saturated heterocycles. The Morgan fingerprint density at radius 1 is 1.12 bits per heavy atom. The van der Waals surface area contributed by atoms with Crippen LogP contribution in [0.5, 0.6) is 0 Å². The highest BCUT2D eigenvalue weighted by Crippen LogP contribution is 2.38. The monoisotopic (exact) mass is 368 g/mol. The molecule has 0 aromatic heterocycles. The van der Waals surface area contributed by atoms with E-state index in [2.05, 4.69) is 16.8 Å². The molecule has 0 unspecified atom stereocenters. The van der Waals surface area contributed by atoms with Crippen LogP contribution in [0.25, 0.3) is 0 Å². The number of carbonyl (C=O) groups is 1. The van der Waals surface area contributed by atoms with Gasteiger partial charge in [0.05, 0.1) is 4.90 Å². The van der Waals surface area contributed by atoms with Crippen molar-refractivity contribution < 1.29 is 17.1 Å². The van der Waals surface area contributed by atoms with E-state index in [4.69, 9.17) is 0 Å². The predicted octanol–water partition coefficient (Wildman–Crippen LogP) is 2.36. The van der Waals surface area contributed by atoms with E-state index in [1.165, 1.54) is 12.1 Å². The third kappa shape index (κ3) is 4.03. The summed E-state index contributed by atoms with van der Waals surface area (Å²) in [5.41, 5.74) is 0.882. The molecular weight excluding hydrogens is 343 g/mol. The first-order valence-electron chi connectivity index (χ1n) is 8.83. The average Bonchev–Trinajstić information content (AvgIpc) is 2.99. The quantitative estimate of drug-likeness (QED) is 0.766. The summed E-state index contributed by atoms with van der Waals surface area (Å²) in [5.74, 6) is 0.171. The molecule has 2 aliphatic heterocycles. The fraction of sp³-hybridized carbons (Fsp3) is 0.611. The summed E-state index contributed by atoms with van der Waals surface area (Å²) < 4.78 is 34.6. The van der Waals surface area contributed by atoms with E-state index in [1.54, 1.807) is 12.1 Å². The normalized spacial score (nSPS) is 21.0. The summed E-state index contributed by atoms with van der Waals surface area (Å²) in [5, 5.41) is 0. The summed E-state index contributed by atoms with van der Waals surface area (Å²) in [7, 11) is -2.55. The van der Waals surface area contributed by atoms with Crippen molar-refractivity contribution >= 4 is 16.1 Å². The maximum absolute atomic E-state index is 12.9. The van der Waals surface area contributed by atoms with Gasteiger partial charge in [-0.15, -0.1) is 3.89 Å². The van der Waals surface area contributed by atoms with Crippen molar-refractivity contribution in [1.82, 2.24) is 9.80 Å². The maximum atomic E-state index is 12.9. The standard InChI is InChI=1S/C18H25FN2O3S/c1-20-13-10-18(11-14-20)9-2-12-21(18)17(22)8-5-15-3-6-16(7-4-15)25(19,23)24/h3-4,6-7H,2,5,8-14H2,1H3. The van der Waals surface area contributed by atoms with E-state index in [0.717, 1.165) is 50.9 Å². The minimum atomic E-state index is -4.67. The van der Waals surface area contributed by atoms with Crippen LogP contribution in [-0.2, 0) is 21.4 Å². The zero-order valence-electron chi connectivity index (χ0n) is 14.6. The molecule has 7 heteroatoms. The van der Waals surface area contributed by atoms with Crippen LogP contribution in [0.2, 0.25) is 0 Å². The summed E-state index contributed by atoms with van der Waals surface area (Å²) in [6.07, 6.45) is 5.18. The van der Waals surface area contributed by atoms with Crippen LogP contribution in [0.15, 0.2) is 29.2 Å². The summed E-state index contributed by atoms with van der Waals surface area (Å²) >= 11 is 0. The van der Waals surface area contributed by atoms with Crippen molar-refractivity contribution in [2.75, 3.05) is 26.7 Å². The van der Waals surface area contributed by atoms with Gasteiger partial charge in [-0.1, -0.05) is 12.1 Å². The molecule has 2 aliphatic rings. The average molecular weight is 368 g/mol. The molecule has 1 aromatic carbocycles. The van der Waals surface area contributed by atoms with Crippen LogP contribution in [0.3, 0.4) is 0 Å². The number of halogens is 1. The number of aryl methyl sites for hydroxylation is 1. The van der Waals surface area contributed by atoms with Crippen LogP contribution in [0.1, 0.15) is 37.7 Å². The van der Waals surface area contributed by atoms with E-state index in [-0.39, 0.29) is 16.3 Å². The fourth-order valence-electron chi connectivity index (χ4n) is 4.09. The van der Waals surface area contributed by atoms with E-state index in [0.29, 0.717) is 12.8 Å². The third-order valence-electron chi connectivity index (χ3n) is 5.65. The van der Waals surface area contributed by atoms with Gasteiger partial charge in [0.15, 0.2) is 0 Å². The maximum Gasteiger partial charge on any atom is 0.332 e. The summed E-state index contributed by atoms with van der Waals surface area (Å²) in [4.78, 5) is 16.8. The van der Waals surface area contributed by atoms with Crippen molar-refractivity contribution in [2.24, 2.45) is 0 Å². The van der Waals surface area contributed by atoms with Crippen LogP contribution < -0.4 is 0 Å². The zero-order chi connectivity index (χ0) is 18.1. The van der Waals surface area contributed by atoms with Gasteiger partial charge < -0.3 is 9.80 Å². The number of hydrogen-bond donors (Lipinski definition) is 0. The third-order valence-corrected chi connectivity index (χ3v) is 6.48. The van der Waals surface area contributed by atoms with E-state index in [9.17, 15) is 17.1 Å². The molecule has 0 atom stereocenters. The van der Waals surface area contributed by atoms with Gasteiger partial charge in [0.25, 0.3) is 0 Å². The van der Waals surface area contributed by atoms with Crippen LogP contribution in [0.4, 0.5) is 3.89 Å². The Hall–Kier alpha value is -1.47. The summed E-state index contributed by atoms with van der Waals surface area (Å²) in [6, 6.07) is 5.66. The van der Waals surface area contributed by atoms with Gasteiger partial charge in [-0.25, -0.2) is 0 Å². The Balaban J connectivity index is 1.60. The first-order valence-corrected chi connectivity index (χ1v) is 10.2. The Morgan fingerprint density at radius 2 is 1.76 bits per heavy atom. The van der Waals surface area contributed by atoms with Gasteiger partial charge in [0, 0.05) is 31.6 Å². The minimum absolute atomic E-state index is 0.0375. The molecule has 0 bridgehead atoms. The van der Waals surface area contributed by atoms with E-state index in [1.807, 2.05) is 0 Å². The topological polar surface area (TPSA) is 57.7 Å². The van der Waals surface area contributed by atoms with Gasteiger partial charge in [0.1, 0.15) is 0 Å². The van der Waals surface area contributed by atoms with Crippen molar-refractivity contribution in [3.05, 3.63) is 29.8 Å². The highest BCUT2D eigenvalue weighted by atomic mass is 32.3. The predicted molar refractivity (Wildman–Crippen MR) is 93.5 cm³/mol. The second-order valence-corrected chi connectivity index (χ2v) is 8.61. The molecule has 0 N–H and O–H groups in total. The van der Waals surface area contributed by atoms with Crippen molar-refractivity contribution in [3.63, 3.8) is 0 Å². The van der Waals surface area contributed by atoms with Gasteiger partial charge >= 0.3 is 10.2 Å². The SMILES string of the molecule is CN1CCC2(CCCN2C(=O)CCc2ccc(S(=O)(=O)F)cc2)CC1. The molecule has 25 heavy (non-hydrogen) atoms. The number of rotatable bonds is 4. The lowest BCUT2D eigenvalue weighted by Gasteiger charge is -2.44.